The van der Waals surface area contributed by atoms with Crippen molar-refractivity contribution in [1.82, 2.24) is 4.90 Å². The maximum absolute atomic E-state index is 10.1. The molecule has 1 atom stereocenters. The second kappa shape index (κ2) is 6.89. The number of aliphatic hydroxyl groups is 1. The fraction of sp³-hybridized carbons (Fsp3) is 0.412. The number of nitrogens with zero attached hydrogens (tertiary/aromatic N) is 1. The number of nitrogens with one attached hydrogen (secondary N) is 1. The molecule has 0 radical (unpaired) electrons. The highest BCUT2D eigenvalue weighted by molar-refractivity contribution is 5.85. The molecule has 21 heavy (non-hydrogen) atoms. The molecule has 3 rings (SSSR count). The molecule has 2 aromatic carbocycles. The Kier molecular flexibility index (Phi) is 4.70. The normalized spacial score (nSPS) is 17.8. The Morgan fingerprint density at radius 2 is 1.86 bits per heavy atom. The Morgan fingerprint density at radius 1 is 1.10 bits per heavy atom. The summed E-state index contributed by atoms with van der Waals surface area (Å²) in [4.78, 5) is 2.25. The molecule has 1 heterocycles. The zero-order valence-corrected chi connectivity index (χ0v) is 12.2. The van der Waals surface area contributed by atoms with Crippen molar-refractivity contribution >= 4 is 16.5 Å². The quantitative estimate of drug-likeness (QED) is 0.882. The second-order valence-corrected chi connectivity index (χ2v) is 5.51. The van der Waals surface area contributed by atoms with E-state index in [-0.39, 0.29) is 6.10 Å². The van der Waals surface area contributed by atoms with Crippen LogP contribution in [0.2, 0.25) is 0 Å². The Morgan fingerprint density at radius 3 is 2.67 bits per heavy atom. The van der Waals surface area contributed by atoms with Gasteiger partial charge in [-0.3, -0.25) is 4.90 Å². The summed E-state index contributed by atoms with van der Waals surface area (Å²) in [5, 5.41) is 15.9. The van der Waals surface area contributed by atoms with E-state index >= 15 is 0 Å². The van der Waals surface area contributed by atoms with Gasteiger partial charge in [0.1, 0.15) is 0 Å². The first-order chi connectivity index (χ1) is 10.3. The van der Waals surface area contributed by atoms with Crippen LogP contribution >= 0.6 is 0 Å². The Balaban J connectivity index is 1.53. The third kappa shape index (κ3) is 3.94. The highest BCUT2D eigenvalue weighted by atomic mass is 16.5. The predicted molar refractivity (Wildman–Crippen MR) is 85.7 cm³/mol. The van der Waals surface area contributed by atoms with E-state index in [4.69, 9.17) is 4.74 Å². The molecule has 1 fully saturated rings. The van der Waals surface area contributed by atoms with Gasteiger partial charge in [-0.25, -0.2) is 0 Å². The zero-order valence-electron chi connectivity index (χ0n) is 12.2. The molecule has 0 saturated carbocycles. The van der Waals surface area contributed by atoms with E-state index in [2.05, 4.69) is 40.5 Å². The number of benzene rings is 2. The molecular formula is C17H22N2O2. The monoisotopic (exact) mass is 286 g/mol. The van der Waals surface area contributed by atoms with Crippen LogP contribution in [0.5, 0.6) is 0 Å². The summed E-state index contributed by atoms with van der Waals surface area (Å²) in [7, 11) is 0. The van der Waals surface area contributed by atoms with Crippen molar-refractivity contribution in [1.29, 1.82) is 0 Å². The molecule has 1 unspecified atom stereocenters. The van der Waals surface area contributed by atoms with Gasteiger partial charge in [0.25, 0.3) is 0 Å². The molecular weight excluding hydrogens is 264 g/mol. The van der Waals surface area contributed by atoms with Crippen LogP contribution in [0.4, 0.5) is 5.69 Å². The van der Waals surface area contributed by atoms with E-state index in [0.717, 1.165) is 32.0 Å². The molecule has 1 saturated heterocycles. The molecule has 0 aromatic heterocycles. The average molecular weight is 286 g/mol. The minimum atomic E-state index is -0.366. The lowest BCUT2D eigenvalue weighted by Crippen LogP contribution is -2.42. The van der Waals surface area contributed by atoms with Gasteiger partial charge in [-0.2, -0.15) is 0 Å². The van der Waals surface area contributed by atoms with Crippen molar-refractivity contribution in [3.05, 3.63) is 42.5 Å². The summed E-state index contributed by atoms with van der Waals surface area (Å²) in [5.74, 6) is 0. The molecule has 1 aliphatic rings. The molecule has 0 amide bonds. The lowest BCUT2D eigenvalue weighted by atomic mass is 10.1. The van der Waals surface area contributed by atoms with Gasteiger partial charge in [0.15, 0.2) is 0 Å². The van der Waals surface area contributed by atoms with E-state index in [1.54, 1.807) is 0 Å². The van der Waals surface area contributed by atoms with Crippen LogP contribution in [0.25, 0.3) is 10.8 Å². The molecule has 1 aliphatic heterocycles. The van der Waals surface area contributed by atoms with Crippen LogP contribution in [-0.4, -0.2) is 55.5 Å². The summed E-state index contributed by atoms with van der Waals surface area (Å²) in [6.07, 6.45) is -0.366. The number of morpholine rings is 1. The van der Waals surface area contributed by atoms with Gasteiger partial charge in [0.2, 0.25) is 0 Å². The van der Waals surface area contributed by atoms with Crippen molar-refractivity contribution in [3.63, 3.8) is 0 Å². The van der Waals surface area contributed by atoms with Crippen molar-refractivity contribution in [3.8, 4) is 0 Å². The van der Waals surface area contributed by atoms with Gasteiger partial charge in [-0.15, -0.1) is 0 Å². The minimum absolute atomic E-state index is 0.366. The summed E-state index contributed by atoms with van der Waals surface area (Å²) in [6, 6.07) is 14.6. The number of hydrogen-bond donors (Lipinski definition) is 2. The molecule has 4 heteroatoms. The second-order valence-electron chi connectivity index (χ2n) is 5.51. The third-order valence-corrected chi connectivity index (χ3v) is 3.86. The first-order valence-electron chi connectivity index (χ1n) is 7.52. The maximum atomic E-state index is 10.1. The largest absolute Gasteiger partial charge is 0.390 e. The van der Waals surface area contributed by atoms with E-state index in [9.17, 15) is 5.11 Å². The van der Waals surface area contributed by atoms with Crippen molar-refractivity contribution in [2.45, 2.75) is 6.10 Å². The number of anilines is 1. The summed E-state index contributed by atoms with van der Waals surface area (Å²) in [5.41, 5.74) is 1.05. The van der Waals surface area contributed by atoms with E-state index in [1.807, 2.05) is 12.1 Å². The van der Waals surface area contributed by atoms with Gasteiger partial charge in [-0.05, 0) is 22.9 Å². The first kappa shape index (κ1) is 14.3. The topological polar surface area (TPSA) is 44.7 Å². The van der Waals surface area contributed by atoms with Crippen LogP contribution in [0.15, 0.2) is 42.5 Å². The lowest BCUT2D eigenvalue weighted by molar-refractivity contribution is 0.0171. The zero-order chi connectivity index (χ0) is 14.5. The SMILES string of the molecule is OC(CNc1ccc2ccccc2c1)CN1CCOCC1. The van der Waals surface area contributed by atoms with Crippen molar-refractivity contribution in [2.75, 3.05) is 44.7 Å². The molecule has 0 bridgehead atoms. The standard InChI is InChI=1S/C17H22N2O2/c20-17(13-19-7-9-21-10-8-19)12-18-16-6-5-14-3-1-2-4-15(14)11-16/h1-6,11,17-18,20H,7-10,12-13H2. The molecule has 0 aliphatic carbocycles. The van der Waals surface area contributed by atoms with Crippen LogP contribution in [0.3, 0.4) is 0 Å². The number of rotatable bonds is 5. The number of aliphatic hydroxyl groups excluding tert-OH is 1. The Hall–Kier alpha value is -1.62. The van der Waals surface area contributed by atoms with Crippen LogP contribution < -0.4 is 5.32 Å². The first-order valence-corrected chi connectivity index (χ1v) is 7.52. The van der Waals surface area contributed by atoms with Crippen molar-refractivity contribution < 1.29 is 9.84 Å². The van der Waals surface area contributed by atoms with Crippen molar-refractivity contribution in [2.24, 2.45) is 0 Å². The van der Waals surface area contributed by atoms with Gasteiger partial charge < -0.3 is 15.2 Å². The molecule has 2 N–H and O–H groups in total. The average Bonchev–Trinajstić information content (AvgIpc) is 2.54. The summed E-state index contributed by atoms with van der Waals surface area (Å²) < 4.78 is 5.31. The Bertz CT molecular complexity index is 582. The van der Waals surface area contributed by atoms with Crippen LogP contribution in [0, 0.1) is 0 Å². The highest BCUT2D eigenvalue weighted by Crippen LogP contribution is 2.18. The molecule has 0 spiro atoms. The minimum Gasteiger partial charge on any atom is -0.390 e. The van der Waals surface area contributed by atoms with E-state index in [0.29, 0.717) is 13.1 Å². The fourth-order valence-electron chi connectivity index (χ4n) is 2.68. The Labute approximate surface area is 125 Å². The van der Waals surface area contributed by atoms with Gasteiger partial charge in [0, 0.05) is 31.9 Å². The maximum Gasteiger partial charge on any atom is 0.0839 e. The lowest BCUT2D eigenvalue weighted by Gasteiger charge is -2.28. The van der Waals surface area contributed by atoms with Crippen LogP contribution in [0.1, 0.15) is 0 Å². The van der Waals surface area contributed by atoms with Gasteiger partial charge in [-0.1, -0.05) is 30.3 Å². The number of β-amino-alcohol motifs (C(OH)–C–C–N with tert-alkyl or cyclic N) is 1. The van der Waals surface area contributed by atoms with Gasteiger partial charge in [0.05, 0.1) is 19.3 Å². The molecule has 2 aromatic rings. The fourth-order valence-corrected chi connectivity index (χ4v) is 2.68. The number of ether oxygens (including phenoxy) is 1. The molecule has 4 nitrogen and oxygen atoms in total. The summed E-state index contributed by atoms with van der Waals surface area (Å²) in [6.45, 7) is 4.62. The highest BCUT2D eigenvalue weighted by Gasteiger charge is 2.14. The van der Waals surface area contributed by atoms with Gasteiger partial charge >= 0.3 is 0 Å². The third-order valence-electron chi connectivity index (χ3n) is 3.86. The molecule has 112 valence electrons. The number of hydrogen-bond acceptors (Lipinski definition) is 4. The predicted octanol–water partition coefficient (Wildman–Crippen LogP) is 1.94. The summed E-state index contributed by atoms with van der Waals surface area (Å²) >= 11 is 0. The van der Waals surface area contributed by atoms with E-state index < -0.39 is 0 Å². The van der Waals surface area contributed by atoms with Crippen LogP contribution in [-0.2, 0) is 4.74 Å². The smallest absolute Gasteiger partial charge is 0.0839 e. The number of fused-ring (bicyclic) bond motifs is 1. The van der Waals surface area contributed by atoms with E-state index in [1.165, 1.54) is 10.8 Å².